The Morgan fingerprint density at radius 1 is 1.06 bits per heavy atom. The molecule has 1 amide bonds. The lowest BCUT2D eigenvalue weighted by molar-refractivity contribution is -0.116. The van der Waals surface area contributed by atoms with E-state index in [-0.39, 0.29) is 23.8 Å². The highest BCUT2D eigenvalue weighted by Gasteiger charge is 2.22. The Balaban J connectivity index is 2.26. The van der Waals surface area contributed by atoms with E-state index in [0.717, 1.165) is 53.6 Å². The van der Waals surface area contributed by atoms with Gasteiger partial charge in [-0.15, -0.1) is 0 Å². The van der Waals surface area contributed by atoms with Gasteiger partial charge in [-0.25, -0.2) is 0 Å². The Hall–Kier alpha value is -2.17. The molecule has 2 atom stereocenters. The van der Waals surface area contributed by atoms with Crippen LogP contribution in [-0.4, -0.2) is 16.1 Å². The van der Waals surface area contributed by atoms with Gasteiger partial charge in [0.1, 0.15) is 0 Å². The fraction of sp³-hybridized carbons (Fsp3) is 0.519. The molecule has 31 heavy (non-hydrogen) atoms. The molecule has 0 fully saturated rings. The van der Waals surface area contributed by atoms with E-state index in [0.29, 0.717) is 6.42 Å². The second-order valence-corrected chi connectivity index (χ2v) is 9.58. The van der Waals surface area contributed by atoms with Gasteiger partial charge < -0.3 is 15.5 Å². The van der Waals surface area contributed by atoms with E-state index in [1.54, 1.807) is 6.92 Å². The summed E-state index contributed by atoms with van der Waals surface area (Å²) in [7, 11) is 0. The molecule has 0 spiro atoms. The third kappa shape index (κ3) is 7.48. The minimum absolute atomic E-state index is 0.00277. The molecule has 0 saturated carbocycles. The molecule has 0 heterocycles. The van der Waals surface area contributed by atoms with Crippen LogP contribution >= 0.6 is 0 Å². The molecule has 2 unspecified atom stereocenters. The molecule has 0 aromatic heterocycles. The lowest BCUT2D eigenvalue weighted by Crippen LogP contribution is -2.21. The quantitative estimate of drug-likeness (QED) is 0.396. The zero-order chi connectivity index (χ0) is 23.0. The minimum atomic E-state index is -0.590. The predicted molar refractivity (Wildman–Crippen MR) is 128 cm³/mol. The molecule has 2 aromatic rings. The summed E-state index contributed by atoms with van der Waals surface area (Å²) in [5.74, 6) is 0.0835. The highest BCUT2D eigenvalue weighted by Crippen LogP contribution is 2.33. The lowest BCUT2D eigenvalue weighted by atomic mass is 9.84. The SMILES string of the molecule is CCCCCC(CC(=O)Nc1cc(C(C)O)ccc1C(C)(C)C)c1cccc(CO)c1. The minimum Gasteiger partial charge on any atom is -0.392 e. The van der Waals surface area contributed by atoms with Gasteiger partial charge in [0.25, 0.3) is 0 Å². The Bertz CT molecular complexity index is 852. The Kier molecular flexibility index (Phi) is 9.27. The van der Waals surface area contributed by atoms with Crippen LogP contribution < -0.4 is 5.32 Å². The van der Waals surface area contributed by atoms with E-state index in [9.17, 15) is 15.0 Å². The van der Waals surface area contributed by atoms with Crippen molar-refractivity contribution >= 4 is 11.6 Å². The highest BCUT2D eigenvalue weighted by atomic mass is 16.3. The largest absolute Gasteiger partial charge is 0.392 e. The van der Waals surface area contributed by atoms with Crippen molar-refractivity contribution in [1.29, 1.82) is 0 Å². The molecule has 0 aliphatic carbocycles. The fourth-order valence-corrected chi connectivity index (χ4v) is 3.98. The summed E-state index contributed by atoms with van der Waals surface area (Å²) in [6.45, 7) is 10.3. The molecule has 2 rings (SSSR count). The van der Waals surface area contributed by atoms with Gasteiger partial charge in [-0.3, -0.25) is 4.79 Å². The number of rotatable bonds is 10. The Labute approximate surface area is 187 Å². The van der Waals surface area contributed by atoms with E-state index < -0.39 is 6.10 Å². The summed E-state index contributed by atoms with van der Waals surface area (Å²) < 4.78 is 0. The summed E-state index contributed by atoms with van der Waals surface area (Å²) in [5, 5.41) is 22.7. The number of benzene rings is 2. The fourth-order valence-electron chi connectivity index (χ4n) is 3.98. The van der Waals surface area contributed by atoms with Gasteiger partial charge in [0.05, 0.1) is 12.7 Å². The third-order valence-electron chi connectivity index (χ3n) is 5.80. The first-order valence-electron chi connectivity index (χ1n) is 11.5. The maximum Gasteiger partial charge on any atom is 0.224 e. The van der Waals surface area contributed by atoms with Crippen LogP contribution in [0.5, 0.6) is 0 Å². The van der Waals surface area contributed by atoms with Crippen molar-refractivity contribution in [3.63, 3.8) is 0 Å². The molecular weight excluding hydrogens is 386 g/mol. The maximum absolute atomic E-state index is 13.1. The number of carbonyl (C=O) groups is 1. The number of carbonyl (C=O) groups excluding carboxylic acids is 1. The van der Waals surface area contributed by atoms with E-state index in [1.165, 1.54) is 0 Å². The monoisotopic (exact) mass is 425 g/mol. The summed E-state index contributed by atoms with van der Waals surface area (Å²) >= 11 is 0. The van der Waals surface area contributed by atoms with Crippen LogP contribution in [0, 0.1) is 0 Å². The highest BCUT2D eigenvalue weighted by molar-refractivity contribution is 5.92. The van der Waals surface area contributed by atoms with Gasteiger partial charge in [-0.1, -0.05) is 83.4 Å². The summed E-state index contributed by atoms with van der Waals surface area (Å²) in [6, 6.07) is 13.7. The topological polar surface area (TPSA) is 69.6 Å². The van der Waals surface area contributed by atoms with Crippen molar-refractivity contribution in [2.45, 2.75) is 90.8 Å². The van der Waals surface area contributed by atoms with Crippen LogP contribution in [0.25, 0.3) is 0 Å². The number of hydrogen-bond donors (Lipinski definition) is 3. The zero-order valence-electron chi connectivity index (χ0n) is 19.7. The molecule has 2 aromatic carbocycles. The number of aliphatic hydroxyl groups is 2. The van der Waals surface area contributed by atoms with Gasteiger partial charge >= 0.3 is 0 Å². The molecular formula is C27H39NO3. The van der Waals surface area contributed by atoms with E-state index in [2.05, 4.69) is 39.1 Å². The molecule has 170 valence electrons. The molecule has 0 aliphatic rings. The third-order valence-corrected chi connectivity index (χ3v) is 5.80. The van der Waals surface area contributed by atoms with Crippen molar-refractivity contribution in [2.24, 2.45) is 0 Å². The molecule has 0 saturated heterocycles. The average Bonchev–Trinajstić information content (AvgIpc) is 2.72. The summed E-state index contributed by atoms with van der Waals surface area (Å²) in [4.78, 5) is 13.1. The number of hydrogen-bond acceptors (Lipinski definition) is 3. The first-order chi connectivity index (χ1) is 14.7. The van der Waals surface area contributed by atoms with Crippen LogP contribution in [0.4, 0.5) is 5.69 Å². The second-order valence-electron chi connectivity index (χ2n) is 9.58. The average molecular weight is 426 g/mol. The second kappa shape index (κ2) is 11.4. The predicted octanol–water partition coefficient (Wildman–Crippen LogP) is 6.22. The number of aliphatic hydroxyl groups excluding tert-OH is 2. The Morgan fingerprint density at radius 3 is 2.42 bits per heavy atom. The summed E-state index contributed by atoms with van der Waals surface area (Å²) in [5.41, 5.74) is 4.46. The molecule has 0 bridgehead atoms. The smallest absolute Gasteiger partial charge is 0.224 e. The van der Waals surface area contributed by atoms with Gasteiger partial charge in [0.15, 0.2) is 0 Å². The van der Waals surface area contributed by atoms with E-state index in [1.807, 2.05) is 36.4 Å². The van der Waals surface area contributed by atoms with Gasteiger partial charge in [-0.2, -0.15) is 0 Å². The summed E-state index contributed by atoms with van der Waals surface area (Å²) in [6.07, 6.45) is 4.09. The lowest BCUT2D eigenvalue weighted by Gasteiger charge is -2.25. The van der Waals surface area contributed by atoms with Crippen LogP contribution in [0.2, 0.25) is 0 Å². The maximum atomic E-state index is 13.1. The standard InChI is InChI=1S/C27H39NO3/c1-6-7-8-11-23(22-12-9-10-20(15-22)18-29)17-26(31)28-25-16-21(19(2)30)13-14-24(25)27(3,4)5/h9-10,12-16,19,23,29-30H,6-8,11,17-18H2,1-5H3,(H,28,31). The van der Waals surface area contributed by atoms with Crippen LogP contribution in [0.3, 0.4) is 0 Å². The number of nitrogens with one attached hydrogen (secondary N) is 1. The first kappa shape index (κ1) is 25.1. The van der Waals surface area contributed by atoms with Gasteiger partial charge in [0, 0.05) is 12.1 Å². The number of unbranched alkanes of at least 4 members (excludes halogenated alkanes) is 2. The van der Waals surface area contributed by atoms with Gasteiger partial charge in [-0.05, 0) is 53.0 Å². The van der Waals surface area contributed by atoms with Crippen molar-refractivity contribution in [3.05, 3.63) is 64.7 Å². The molecule has 4 heteroatoms. The normalized spacial score (nSPS) is 13.6. The van der Waals surface area contributed by atoms with Crippen molar-refractivity contribution in [1.82, 2.24) is 0 Å². The molecule has 4 nitrogen and oxygen atoms in total. The van der Waals surface area contributed by atoms with Crippen LogP contribution in [-0.2, 0) is 16.8 Å². The van der Waals surface area contributed by atoms with Gasteiger partial charge in [0.2, 0.25) is 5.91 Å². The number of amides is 1. The molecule has 0 radical (unpaired) electrons. The van der Waals surface area contributed by atoms with Crippen molar-refractivity contribution in [3.8, 4) is 0 Å². The van der Waals surface area contributed by atoms with Crippen LogP contribution in [0.15, 0.2) is 42.5 Å². The van der Waals surface area contributed by atoms with Crippen molar-refractivity contribution < 1.29 is 15.0 Å². The molecule has 0 aliphatic heterocycles. The van der Waals surface area contributed by atoms with E-state index in [4.69, 9.17) is 0 Å². The number of anilines is 1. The molecule has 3 N–H and O–H groups in total. The zero-order valence-corrected chi connectivity index (χ0v) is 19.7. The van der Waals surface area contributed by atoms with E-state index >= 15 is 0 Å². The Morgan fingerprint density at radius 2 is 1.81 bits per heavy atom. The first-order valence-corrected chi connectivity index (χ1v) is 11.5. The van der Waals surface area contributed by atoms with Crippen molar-refractivity contribution in [2.75, 3.05) is 5.32 Å². The van der Waals surface area contributed by atoms with Crippen LogP contribution in [0.1, 0.15) is 101 Å².